The molecule has 0 aromatic carbocycles. The molecule has 0 bridgehead atoms. The molecule has 4 rings (SSSR count). The van der Waals surface area contributed by atoms with Gasteiger partial charge < -0.3 is 15.5 Å². The molecule has 0 spiro atoms. The number of hydrogen-bond acceptors (Lipinski definition) is 6. The Labute approximate surface area is 192 Å². The molecule has 7 heteroatoms. The molecule has 1 aromatic rings. The van der Waals surface area contributed by atoms with E-state index in [0.717, 1.165) is 58.4 Å². The molecule has 2 saturated heterocycles. The zero-order chi connectivity index (χ0) is 22.3. The number of pyridine rings is 1. The van der Waals surface area contributed by atoms with E-state index in [-0.39, 0.29) is 5.92 Å². The summed E-state index contributed by atoms with van der Waals surface area (Å²) in [6.45, 7) is 4.51. The second-order valence-corrected chi connectivity index (χ2v) is 9.77. The highest BCUT2D eigenvalue weighted by Gasteiger charge is 2.34. The van der Waals surface area contributed by atoms with Gasteiger partial charge in [0.2, 0.25) is 5.91 Å². The van der Waals surface area contributed by atoms with Crippen molar-refractivity contribution in [3.63, 3.8) is 0 Å². The zero-order valence-electron chi connectivity index (χ0n) is 19.5. The summed E-state index contributed by atoms with van der Waals surface area (Å²) in [5, 5.41) is 4.48. The van der Waals surface area contributed by atoms with Gasteiger partial charge >= 0.3 is 0 Å². The lowest BCUT2D eigenvalue weighted by atomic mass is 9.78. The third kappa shape index (κ3) is 5.80. The Bertz CT molecular complexity index is 776. The molecule has 1 amide bonds. The van der Waals surface area contributed by atoms with Crippen LogP contribution in [-0.4, -0.2) is 59.7 Å². The molecule has 32 heavy (non-hydrogen) atoms. The van der Waals surface area contributed by atoms with E-state index >= 15 is 0 Å². The maximum Gasteiger partial charge on any atom is 0.225 e. The van der Waals surface area contributed by atoms with Crippen LogP contribution < -0.4 is 5.73 Å². The summed E-state index contributed by atoms with van der Waals surface area (Å²) >= 11 is 0. The lowest BCUT2D eigenvalue weighted by Gasteiger charge is -2.38. The number of likely N-dealkylation sites (tertiary alicyclic amines) is 2. The lowest BCUT2D eigenvalue weighted by Crippen LogP contribution is -2.46. The molecule has 0 atom stereocenters. The van der Waals surface area contributed by atoms with E-state index in [1.807, 2.05) is 12.1 Å². The Balaban J connectivity index is 1.24. The first-order chi connectivity index (χ1) is 15.6. The number of amides is 1. The molecule has 1 aliphatic carbocycles. The number of nitrogen functional groups attached to an aromatic ring is 1. The first kappa shape index (κ1) is 23.0. The fourth-order valence-corrected chi connectivity index (χ4v) is 5.83. The standard InChI is InChI=1S/C25H39N5O2/c1-32-28-24(20-5-3-2-4-6-20)21-10-15-30(16-11-21)25(31)22-8-13-29(14-9-22)18-19-7-12-27-23(26)17-19/h7,12,17,20-22H,2-6,8-11,13-16,18H2,1H3,(H2,26,27). The van der Waals surface area contributed by atoms with Crippen LogP contribution in [0.25, 0.3) is 0 Å². The van der Waals surface area contributed by atoms with E-state index in [0.29, 0.717) is 23.6 Å². The maximum absolute atomic E-state index is 13.2. The van der Waals surface area contributed by atoms with Gasteiger partial charge in [0.05, 0.1) is 5.71 Å². The Morgan fingerprint density at radius 3 is 2.34 bits per heavy atom. The molecule has 1 saturated carbocycles. The quantitative estimate of drug-likeness (QED) is 0.538. The highest BCUT2D eigenvalue weighted by atomic mass is 16.6. The minimum atomic E-state index is 0.163. The van der Waals surface area contributed by atoms with Crippen LogP contribution >= 0.6 is 0 Å². The van der Waals surface area contributed by atoms with E-state index in [2.05, 4.69) is 19.9 Å². The van der Waals surface area contributed by atoms with E-state index < -0.39 is 0 Å². The van der Waals surface area contributed by atoms with Gasteiger partial charge in [0, 0.05) is 43.6 Å². The largest absolute Gasteiger partial charge is 0.399 e. The van der Waals surface area contributed by atoms with Crippen molar-refractivity contribution in [3.8, 4) is 0 Å². The number of nitrogens with two attached hydrogens (primary N) is 1. The van der Waals surface area contributed by atoms with Crippen molar-refractivity contribution in [2.75, 3.05) is 39.0 Å². The summed E-state index contributed by atoms with van der Waals surface area (Å²) in [4.78, 5) is 27.0. The van der Waals surface area contributed by atoms with Gasteiger partial charge in [0.15, 0.2) is 0 Å². The number of nitrogens with zero attached hydrogens (tertiary/aromatic N) is 4. The topological polar surface area (TPSA) is 84.0 Å². The average molecular weight is 442 g/mol. The second-order valence-electron chi connectivity index (χ2n) is 9.77. The number of hydrogen-bond donors (Lipinski definition) is 1. The van der Waals surface area contributed by atoms with E-state index in [9.17, 15) is 4.79 Å². The minimum absolute atomic E-state index is 0.163. The van der Waals surface area contributed by atoms with Crippen molar-refractivity contribution in [2.45, 2.75) is 64.3 Å². The van der Waals surface area contributed by atoms with Gasteiger partial charge in [-0.2, -0.15) is 0 Å². The Hall–Kier alpha value is -2.15. The van der Waals surface area contributed by atoms with Crippen LogP contribution in [0.1, 0.15) is 63.4 Å². The number of aromatic nitrogens is 1. The fraction of sp³-hybridized carbons (Fsp3) is 0.720. The third-order valence-corrected chi connectivity index (χ3v) is 7.63. The molecule has 3 fully saturated rings. The highest BCUT2D eigenvalue weighted by molar-refractivity contribution is 5.89. The molecule has 0 unspecified atom stereocenters. The molecule has 2 aliphatic heterocycles. The first-order valence-corrected chi connectivity index (χ1v) is 12.5. The monoisotopic (exact) mass is 441 g/mol. The number of rotatable bonds is 6. The first-order valence-electron chi connectivity index (χ1n) is 12.5. The van der Waals surface area contributed by atoms with Gasteiger partial charge in [-0.1, -0.05) is 24.4 Å². The van der Waals surface area contributed by atoms with Crippen LogP contribution in [0.15, 0.2) is 23.5 Å². The Morgan fingerprint density at radius 2 is 1.69 bits per heavy atom. The van der Waals surface area contributed by atoms with Crippen molar-refractivity contribution in [3.05, 3.63) is 23.9 Å². The van der Waals surface area contributed by atoms with Crippen molar-refractivity contribution in [2.24, 2.45) is 22.9 Å². The molecule has 1 aromatic heterocycles. The molecule has 3 heterocycles. The minimum Gasteiger partial charge on any atom is -0.399 e. The van der Waals surface area contributed by atoms with Crippen LogP contribution in [-0.2, 0) is 16.2 Å². The van der Waals surface area contributed by atoms with Crippen LogP contribution in [0.3, 0.4) is 0 Å². The molecule has 2 N–H and O–H groups in total. The van der Waals surface area contributed by atoms with Crippen molar-refractivity contribution in [1.29, 1.82) is 0 Å². The van der Waals surface area contributed by atoms with E-state index in [1.165, 1.54) is 43.4 Å². The van der Waals surface area contributed by atoms with Gasteiger partial charge in [-0.15, -0.1) is 0 Å². The number of piperidine rings is 2. The SMILES string of the molecule is CON=C(C1CCCCC1)C1CCN(C(=O)C2CCN(Cc3ccnc(N)c3)CC2)CC1. The molecular formula is C25H39N5O2. The summed E-state index contributed by atoms with van der Waals surface area (Å²) in [7, 11) is 1.66. The van der Waals surface area contributed by atoms with E-state index in [1.54, 1.807) is 13.3 Å². The van der Waals surface area contributed by atoms with Crippen LogP contribution in [0.4, 0.5) is 5.82 Å². The van der Waals surface area contributed by atoms with Crippen molar-refractivity contribution >= 4 is 17.4 Å². The number of oxime groups is 1. The van der Waals surface area contributed by atoms with Gasteiger partial charge in [0.25, 0.3) is 0 Å². The Kier molecular flexibility index (Phi) is 8.00. The van der Waals surface area contributed by atoms with Gasteiger partial charge in [-0.3, -0.25) is 9.69 Å². The molecule has 176 valence electrons. The summed E-state index contributed by atoms with van der Waals surface area (Å²) in [5.41, 5.74) is 8.26. The average Bonchev–Trinajstić information content (AvgIpc) is 2.83. The van der Waals surface area contributed by atoms with Crippen molar-refractivity contribution in [1.82, 2.24) is 14.8 Å². The van der Waals surface area contributed by atoms with Gasteiger partial charge in [-0.05, 0) is 69.3 Å². The predicted octanol–water partition coefficient (Wildman–Crippen LogP) is 3.70. The summed E-state index contributed by atoms with van der Waals surface area (Å²) in [6.07, 6.45) is 12.1. The van der Waals surface area contributed by atoms with Gasteiger partial charge in [-0.25, -0.2) is 4.98 Å². The zero-order valence-corrected chi connectivity index (χ0v) is 19.5. The van der Waals surface area contributed by atoms with Crippen LogP contribution in [0.2, 0.25) is 0 Å². The number of anilines is 1. The molecule has 3 aliphatic rings. The number of carbonyl (C=O) groups is 1. The second kappa shape index (κ2) is 11.1. The van der Waals surface area contributed by atoms with Gasteiger partial charge in [0.1, 0.15) is 12.9 Å². The fourth-order valence-electron chi connectivity index (χ4n) is 5.83. The molecule has 0 radical (unpaired) electrons. The maximum atomic E-state index is 13.2. The number of carbonyl (C=O) groups excluding carboxylic acids is 1. The summed E-state index contributed by atoms with van der Waals surface area (Å²) in [6, 6.07) is 3.96. The molecular weight excluding hydrogens is 402 g/mol. The van der Waals surface area contributed by atoms with E-state index in [4.69, 9.17) is 10.6 Å². The van der Waals surface area contributed by atoms with Crippen LogP contribution in [0, 0.1) is 17.8 Å². The normalized spacial score (nSPS) is 22.8. The smallest absolute Gasteiger partial charge is 0.225 e. The third-order valence-electron chi connectivity index (χ3n) is 7.63. The summed E-state index contributed by atoms with van der Waals surface area (Å²) < 4.78 is 0. The van der Waals surface area contributed by atoms with Crippen molar-refractivity contribution < 1.29 is 9.63 Å². The summed E-state index contributed by atoms with van der Waals surface area (Å²) in [5.74, 6) is 2.14. The predicted molar refractivity (Wildman–Crippen MR) is 127 cm³/mol. The Morgan fingerprint density at radius 1 is 1.03 bits per heavy atom. The highest BCUT2D eigenvalue weighted by Crippen LogP contribution is 2.32. The van der Waals surface area contributed by atoms with Crippen LogP contribution in [0.5, 0.6) is 0 Å². The molecule has 7 nitrogen and oxygen atoms in total. The lowest BCUT2D eigenvalue weighted by molar-refractivity contribution is -0.138.